The zero-order valence-electron chi connectivity index (χ0n) is 13.5. The molecule has 1 saturated carbocycles. The Balaban J connectivity index is 1.87. The van der Waals surface area contributed by atoms with Crippen molar-refractivity contribution in [1.82, 2.24) is 15.2 Å². The molecule has 1 aromatic heterocycles. The molecule has 1 aliphatic rings. The third-order valence-electron chi connectivity index (χ3n) is 4.46. The van der Waals surface area contributed by atoms with Gasteiger partial charge in [-0.3, -0.25) is 9.69 Å². The minimum atomic E-state index is 0.0485. The van der Waals surface area contributed by atoms with Crippen LogP contribution in [-0.4, -0.2) is 48.5 Å². The zero-order valence-corrected chi connectivity index (χ0v) is 14.3. The maximum atomic E-state index is 11.5. The van der Waals surface area contributed by atoms with Gasteiger partial charge in [-0.1, -0.05) is 0 Å². The first-order valence-corrected chi connectivity index (χ1v) is 8.47. The summed E-state index contributed by atoms with van der Waals surface area (Å²) in [7, 11) is 4.32. The highest BCUT2D eigenvalue weighted by atomic mass is 32.1. The number of anilines is 1. The molecule has 0 spiro atoms. The summed E-state index contributed by atoms with van der Waals surface area (Å²) < 4.78 is 0. The minimum Gasteiger partial charge on any atom is -0.309 e. The Bertz CT molecular complexity index is 482. The van der Waals surface area contributed by atoms with Crippen molar-refractivity contribution < 1.29 is 4.79 Å². The maximum absolute atomic E-state index is 11.5. The average Bonchev–Trinajstić information content (AvgIpc) is 2.81. The van der Waals surface area contributed by atoms with E-state index in [4.69, 9.17) is 0 Å². The van der Waals surface area contributed by atoms with Gasteiger partial charge >= 0.3 is 0 Å². The topological polar surface area (TPSA) is 48.5 Å². The monoisotopic (exact) mass is 310 g/mol. The molecule has 0 atom stereocenters. The van der Waals surface area contributed by atoms with E-state index in [-0.39, 0.29) is 5.91 Å². The van der Waals surface area contributed by atoms with Crippen LogP contribution in [0.3, 0.4) is 0 Å². The molecule has 2 rings (SSSR count). The number of carbonyl (C=O) groups is 1. The molecule has 1 amide bonds. The lowest BCUT2D eigenvalue weighted by molar-refractivity contribution is -0.116. The van der Waals surface area contributed by atoms with Crippen molar-refractivity contribution in [2.24, 2.45) is 0 Å². The van der Waals surface area contributed by atoms with Crippen LogP contribution >= 0.6 is 11.3 Å². The number of hydrogen-bond acceptors (Lipinski definition) is 5. The second kappa shape index (κ2) is 6.85. The number of likely N-dealkylation sites (N-methyl/N-ethyl adjacent to an activating group) is 1. The van der Waals surface area contributed by atoms with Crippen LogP contribution in [0, 0.1) is 0 Å². The van der Waals surface area contributed by atoms with E-state index in [0.717, 1.165) is 23.9 Å². The second-order valence-electron chi connectivity index (χ2n) is 5.96. The number of aromatic nitrogens is 1. The van der Waals surface area contributed by atoms with Crippen LogP contribution in [0.1, 0.15) is 38.8 Å². The molecule has 6 heteroatoms. The van der Waals surface area contributed by atoms with Gasteiger partial charge in [0.1, 0.15) is 0 Å². The molecule has 0 saturated heterocycles. The van der Waals surface area contributed by atoms with E-state index in [9.17, 15) is 4.79 Å². The van der Waals surface area contributed by atoms with E-state index in [1.54, 1.807) is 11.8 Å². The van der Waals surface area contributed by atoms with Gasteiger partial charge in [0.05, 0.1) is 5.69 Å². The molecule has 1 N–H and O–H groups in total. The Kier molecular flexibility index (Phi) is 5.35. The Morgan fingerprint density at radius 3 is 2.67 bits per heavy atom. The van der Waals surface area contributed by atoms with E-state index in [0.29, 0.717) is 12.1 Å². The number of carbonyl (C=O) groups excluding carboxylic acids is 1. The smallest absolute Gasteiger partial charge is 0.225 e. The highest BCUT2D eigenvalue weighted by Gasteiger charge is 2.38. The number of amides is 1. The standard InChI is InChI=1S/C15H26N4OS/c1-5-19(12(2)20)14-17-13(10-21-14)9-16-11-15(18(3)4)7-6-8-15/h10,16H,5-9,11H2,1-4H3. The van der Waals surface area contributed by atoms with Crippen LogP contribution < -0.4 is 10.2 Å². The molecular weight excluding hydrogens is 284 g/mol. The first kappa shape index (κ1) is 16.4. The lowest BCUT2D eigenvalue weighted by Gasteiger charge is -2.47. The van der Waals surface area contributed by atoms with Crippen molar-refractivity contribution in [2.45, 2.75) is 45.2 Å². The summed E-state index contributed by atoms with van der Waals surface area (Å²) in [4.78, 5) is 20.1. The fraction of sp³-hybridized carbons (Fsp3) is 0.733. The summed E-state index contributed by atoms with van der Waals surface area (Å²) in [6.07, 6.45) is 3.86. The van der Waals surface area contributed by atoms with Crippen molar-refractivity contribution in [3.8, 4) is 0 Å². The van der Waals surface area contributed by atoms with Gasteiger partial charge in [0, 0.05) is 37.5 Å². The molecule has 5 nitrogen and oxygen atoms in total. The summed E-state index contributed by atoms with van der Waals surface area (Å²) in [5, 5.41) is 6.36. The molecule has 0 bridgehead atoms. The molecule has 0 aromatic carbocycles. The van der Waals surface area contributed by atoms with Crippen LogP contribution in [0.15, 0.2) is 5.38 Å². The molecule has 1 aromatic rings. The molecular formula is C15H26N4OS. The highest BCUT2D eigenvalue weighted by molar-refractivity contribution is 7.14. The molecule has 0 aliphatic heterocycles. The summed E-state index contributed by atoms with van der Waals surface area (Å²) in [6, 6.07) is 0. The summed E-state index contributed by atoms with van der Waals surface area (Å²) in [6.45, 7) is 5.98. The van der Waals surface area contributed by atoms with E-state index in [2.05, 4.69) is 29.3 Å². The van der Waals surface area contributed by atoms with Gasteiger partial charge < -0.3 is 10.2 Å². The van der Waals surface area contributed by atoms with E-state index >= 15 is 0 Å². The van der Waals surface area contributed by atoms with Crippen LogP contribution in [0.2, 0.25) is 0 Å². The van der Waals surface area contributed by atoms with Crippen LogP contribution in [0.4, 0.5) is 5.13 Å². The second-order valence-corrected chi connectivity index (χ2v) is 6.80. The summed E-state index contributed by atoms with van der Waals surface area (Å²) in [5.41, 5.74) is 1.34. The largest absolute Gasteiger partial charge is 0.309 e. The lowest BCUT2D eigenvalue weighted by atomic mass is 9.75. The Hall–Kier alpha value is -0.980. The van der Waals surface area contributed by atoms with E-state index in [1.165, 1.54) is 30.6 Å². The maximum Gasteiger partial charge on any atom is 0.225 e. The number of hydrogen-bond donors (Lipinski definition) is 1. The Labute approximate surface area is 131 Å². The fourth-order valence-corrected chi connectivity index (χ4v) is 3.72. The van der Waals surface area contributed by atoms with Crippen molar-refractivity contribution in [1.29, 1.82) is 0 Å². The number of rotatable bonds is 7. The Morgan fingerprint density at radius 1 is 1.48 bits per heavy atom. The van der Waals surface area contributed by atoms with E-state index in [1.807, 2.05) is 12.3 Å². The predicted octanol–water partition coefficient (Wildman–Crippen LogP) is 2.09. The average molecular weight is 310 g/mol. The number of thiazole rings is 1. The van der Waals surface area contributed by atoms with Crippen LogP contribution in [-0.2, 0) is 11.3 Å². The predicted molar refractivity (Wildman–Crippen MR) is 87.8 cm³/mol. The fourth-order valence-electron chi connectivity index (χ4n) is 2.78. The highest BCUT2D eigenvalue weighted by Crippen LogP contribution is 2.35. The number of nitrogens with one attached hydrogen (secondary N) is 1. The van der Waals surface area contributed by atoms with E-state index < -0.39 is 0 Å². The van der Waals surface area contributed by atoms with Crippen molar-refractivity contribution in [3.63, 3.8) is 0 Å². The number of nitrogens with zero attached hydrogens (tertiary/aromatic N) is 3. The molecule has 21 heavy (non-hydrogen) atoms. The molecule has 1 heterocycles. The lowest BCUT2D eigenvalue weighted by Crippen LogP contribution is -2.56. The molecule has 1 fully saturated rings. The SMILES string of the molecule is CCN(C(C)=O)c1nc(CNCC2(N(C)C)CCC2)cs1. The zero-order chi connectivity index (χ0) is 15.5. The van der Waals surface area contributed by atoms with Crippen molar-refractivity contribution in [3.05, 3.63) is 11.1 Å². The van der Waals surface area contributed by atoms with Gasteiger partial charge in [-0.05, 0) is 40.3 Å². The quantitative estimate of drug-likeness (QED) is 0.838. The van der Waals surface area contributed by atoms with Crippen LogP contribution in [0.5, 0.6) is 0 Å². The van der Waals surface area contributed by atoms with Crippen LogP contribution in [0.25, 0.3) is 0 Å². The molecule has 0 radical (unpaired) electrons. The third-order valence-corrected chi connectivity index (χ3v) is 5.37. The van der Waals surface area contributed by atoms with Gasteiger partial charge in [-0.2, -0.15) is 0 Å². The van der Waals surface area contributed by atoms with Gasteiger partial charge in [-0.15, -0.1) is 11.3 Å². The molecule has 118 valence electrons. The summed E-state index contributed by atoms with van der Waals surface area (Å²) in [5.74, 6) is 0.0485. The van der Waals surface area contributed by atoms with Gasteiger partial charge in [0.2, 0.25) is 5.91 Å². The summed E-state index contributed by atoms with van der Waals surface area (Å²) >= 11 is 1.54. The molecule has 0 unspecified atom stereocenters. The minimum absolute atomic E-state index is 0.0485. The molecule has 1 aliphatic carbocycles. The first-order chi connectivity index (χ1) is 9.98. The van der Waals surface area contributed by atoms with Gasteiger partial charge in [0.25, 0.3) is 0 Å². The Morgan fingerprint density at radius 2 is 2.19 bits per heavy atom. The van der Waals surface area contributed by atoms with Gasteiger partial charge in [-0.25, -0.2) is 4.98 Å². The van der Waals surface area contributed by atoms with Crippen molar-refractivity contribution in [2.75, 3.05) is 32.1 Å². The van der Waals surface area contributed by atoms with Gasteiger partial charge in [0.15, 0.2) is 5.13 Å². The first-order valence-electron chi connectivity index (χ1n) is 7.59. The normalized spacial score (nSPS) is 16.8. The third kappa shape index (κ3) is 3.62. The van der Waals surface area contributed by atoms with Crippen molar-refractivity contribution >= 4 is 22.4 Å².